The van der Waals surface area contributed by atoms with Gasteiger partial charge >= 0.3 is 11.9 Å². The van der Waals surface area contributed by atoms with Gasteiger partial charge in [-0.15, -0.1) is 0 Å². The fraction of sp³-hybridized carbons (Fsp3) is 0.176. The van der Waals surface area contributed by atoms with E-state index in [-0.39, 0.29) is 19.0 Å². The Morgan fingerprint density at radius 2 is 1.45 bits per heavy atom. The van der Waals surface area contributed by atoms with E-state index in [9.17, 15) is 14.7 Å². The summed E-state index contributed by atoms with van der Waals surface area (Å²) in [4.78, 5) is 25.1. The molecule has 0 aromatic heterocycles. The molecule has 1 aliphatic rings. The minimum Gasteiger partial charge on any atom is -0.504 e. The van der Waals surface area contributed by atoms with Crippen LogP contribution in [0.1, 0.15) is 49.4 Å². The molecule has 4 aromatic rings. The molecule has 8 heteroatoms. The average molecular weight is 567 g/mol. The summed E-state index contributed by atoms with van der Waals surface area (Å²) in [6, 6.07) is 26.3. The highest BCUT2D eigenvalue weighted by atomic mass is 16.5. The minimum atomic E-state index is -0.557. The molecule has 42 heavy (non-hydrogen) atoms. The van der Waals surface area contributed by atoms with Crippen LogP contribution in [0.5, 0.6) is 23.0 Å². The summed E-state index contributed by atoms with van der Waals surface area (Å²) in [6.07, 6.45) is 3.01. The van der Waals surface area contributed by atoms with Gasteiger partial charge in [0, 0.05) is 5.56 Å². The summed E-state index contributed by atoms with van der Waals surface area (Å²) < 4.78 is 28.5. The van der Waals surface area contributed by atoms with Crippen molar-refractivity contribution in [2.75, 3.05) is 27.4 Å². The van der Waals surface area contributed by atoms with Gasteiger partial charge in [0.25, 0.3) is 0 Å². The van der Waals surface area contributed by atoms with Crippen molar-refractivity contribution >= 4 is 18.0 Å². The van der Waals surface area contributed by atoms with Crippen molar-refractivity contribution in [3.8, 4) is 23.0 Å². The highest BCUT2D eigenvalue weighted by Gasteiger charge is 2.39. The van der Waals surface area contributed by atoms with Crippen LogP contribution in [-0.4, -0.2) is 44.5 Å². The molecule has 0 saturated carbocycles. The molecule has 0 radical (unpaired) electrons. The molecule has 5 rings (SSSR count). The number of aromatic hydroxyl groups is 1. The van der Waals surface area contributed by atoms with Gasteiger partial charge in [-0.1, -0.05) is 48.5 Å². The van der Waals surface area contributed by atoms with Crippen LogP contribution in [0, 0.1) is 0 Å². The highest BCUT2D eigenvalue weighted by molar-refractivity contribution is 5.89. The maximum atomic E-state index is 12.8. The van der Waals surface area contributed by atoms with Crippen LogP contribution < -0.4 is 14.2 Å². The van der Waals surface area contributed by atoms with E-state index in [4.69, 9.17) is 23.7 Å². The fourth-order valence-corrected chi connectivity index (χ4v) is 4.80. The molecule has 0 unspecified atom stereocenters. The van der Waals surface area contributed by atoms with Crippen LogP contribution >= 0.6 is 0 Å². The number of carbonyl (C=O) groups excluding carboxylic acids is 2. The van der Waals surface area contributed by atoms with Crippen molar-refractivity contribution in [3.05, 3.63) is 125 Å². The standard InChI is InChI=1S/C34H30O8/c1-38-29-20-25(15-16-28(29)35)31-27(21-41-34(37)24-13-7-4-8-14-24)26-18-22(19-30(39-2)32(26)42-31)10-9-17-40-33(36)23-11-5-3-6-12-23/h3-16,18-20,27,31,35H,17,21H2,1-2H3/b10-9+/t27-,31+/m1/s1. The van der Waals surface area contributed by atoms with E-state index in [1.165, 1.54) is 13.2 Å². The van der Waals surface area contributed by atoms with Crippen LogP contribution in [0.4, 0.5) is 0 Å². The van der Waals surface area contributed by atoms with Crippen LogP contribution in [-0.2, 0) is 9.47 Å². The van der Waals surface area contributed by atoms with E-state index in [1.54, 1.807) is 73.8 Å². The lowest BCUT2D eigenvalue weighted by molar-refractivity contribution is 0.0428. The van der Waals surface area contributed by atoms with Crippen molar-refractivity contribution in [3.63, 3.8) is 0 Å². The second kappa shape index (κ2) is 13.0. The number of esters is 2. The summed E-state index contributed by atoms with van der Waals surface area (Å²) in [5.41, 5.74) is 3.22. The third-order valence-electron chi connectivity index (χ3n) is 6.90. The quantitative estimate of drug-likeness (QED) is 0.222. The molecule has 8 nitrogen and oxygen atoms in total. The Balaban J connectivity index is 1.41. The second-order valence-corrected chi connectivity index (χ2v) is 9.55. The molecule has 4 aromatic carbocycles. The highest BCUT2D eigenvalue weighted by Crippen LogP contribution is 2.52. The van der Waals surface area contributed by atoms with Crippen LogP contribution in [0.2, 0.25) is 0 Å². The van der Waals surface area contributed by atoms with Crippen LogP contribution in [0.15, 0.2) is 97.1 Å². The Labute approximate surface area is 243 Å². The molecule has 1 aliphatic heterocycles. The molecule has 0 amide bonds. The SMILES string of the molecule is COc1cc([C@@H]2Oc3c(OC)cc(/C=C/COC(=O)c4ccccc4)cc3[C@H]2COC(=O)c2ccccc2)ccc1O. The normalized spacial score (nSPS) is 15.5. The van der Waals surface area contributed by atoms with Gasteiger partial charge in [0.2, 0.25) is 0 Å². The Morgan fingerprint density at radius 3 is 2.10 bits per heavy atom. The van der Waals surface area contributed by atoms with Gasteiger partial charge in [0.15, 0.2) is 23.0 Å². The maximum Gasteiger partial charge on any atom is 0.338 e. The molecular weight excluding hydrogens is 536 g/mol. The Hall–Kier alpha value is -5.24. The van der Waals surface area contributed by atoms with E-state index in [0.29, 0.717) is 28.4 Å². The van der Waals surface area contributed by atoms with Gasteiger partial charge in [0.1, 0.15) is 19.3 Å². The number of methoxy groups -OCH3 is 2. The molecular formula is C34H30O8. The average Bonchev–Trinajstić information content (AvgIpc) is 3.40. The van der Waals surface area contributed by atoms with Crippen LogP contribution in [0.25, 0.3) is 6.08 Å². The van der Waals surface area contributed by atoms with Crippen LogP contribution in [0.3, 0.4) is 0 Å². The molecule has 0 saturated heterocycles. The molecule has 2 atom stereocenters. The number of fused-ring (bicyclic) bond motifs is 1. The number of carbonyl (C=O) groups is 2. The lowest BCUT2D eigenvalue weighted by Crippen LogP contribution is -2.18. The zero-order valence-corrected chi connectivity index (χ0v) is 23.2. The Kier molecular flexibility index (Phi) is 8.72. The van der Waals surface area contributed by atoms with Gasteiger partial charge in [0.05, 0.1) is 31.3 Å². The lowest BCUT2D eigenvalue weighted by atomic mass is 9.90. The summed E-state index contributed by atoms with van der Waals surface area (Å²) in [5.74, 6) is 0.0700. The monoisotopic (exact) mass is 566 g/mol. The van der Waals surface area contributed by atoms with Crippen molar-refractivity contribution in [1.82, 2.24) is 0 Å². The van der Waals surface area contributed by atoms with E-state index in [2.05, 4.69) is 0 Å². The number of phenolic OH excluding ortho intramolecular Hbond substituents is 1. The topological polar surface area (TPSA) is 101 Å². The lowest BCUT2D eigenvalue weighted by Gasteiger charge is -2.20. The molecule has 0 fully saturated rings. The first kappa shape index (κ1) is 28.3. The first-order valence-electron chi connectivity index (χ1n) is 13.3. The second-order valence-electron chi connectivity index (χ2n) is 9.55. The predicted octanol–water partition coefficient (Wildman–Crippen LogP) is 6.35. The van der Waals surface area contributed by atoms with Gasteiger partial charge in [-0.2, -0.15) is 0 Å². The number of rotatable bonds is 10. The Bertz CT molecular complexity index is 1580. The summed E-state index contributed by atoms with van der Waals surface area (Å²) in [6.45, 7) is 0.108. The molecule has 0 spiro atoms. The number of benzene rings is 4. The smallest absolute Gasteiger partial charge is 0.338 e. The molecule has 1 N–H and O–H groups in total. The minimum absolute atomic E-state index is 0.00165. The first-order chi connectivity index (χ1) is 20.5. The van der Waals surface area contributed by atoms with E-state index in [1.807, 2.05) is 30.3 Å². The third-order valence-corrected chi connectivity index (χ3v) is 6.90. The van der Waals surface area contributed by atoms with Crippen molar-refractivity contribution < 1.29 is 38.4 Å². The van der Waals surface area contributed by atoms with Gasteiger partial charge in [-0.25, -0.2) is 9.59 Å². The number of phenols is 1. The number of hydrogen-bond acceptors (Lipinski definition) is 8. The van der Waals surface area contributed by atoms with E-state index >= 15 is 0 Å². The largest absolute Gasteiger partial charge is 0.504 e. The van der Waals surface area contributed by atoms with E-state index < -0.39 is 24.0 Å². The Morgan fingerprint density at radius 1 is 0.810 bits per heavy atom. The van der Waals surface area contributed by atoms with Crippen molar-refractivity contribution in [2.24, 2.45) is 0 Å². The molecule has 0 bridgehead atoms. The van der Waals surface area contributed by atoms with Crippen molar-refractivity contribution in [2.45, 2.75) is 12.0 Å². The molecule has 1 heterocycles. The third kappa shape index (κ3) is 6.23. The number of ether oxygens (including phenoxy) is 5. The van der Waals surface area contributed by atoms with Gasteiger partial charge in [-0.3, -0.25) is 0 Å². The summed E-state index contributed by atoms with van der Waals surface area (Å²) in [7, 11) is 3.02. The predicted molar refractivity (Wildman–Crippen MR) is 156 cm³/mol. The zero-order valence-electron chi connectivity index (χ0n) is 23.2. The van der Waals surface area contributed by atoms with E-state index in [0.717, 1.165) is 16.7 Å². The summed E-state index contributed by atoms with van der Waals surface area (Å²) >= 11 is 0. The van der Waals surface area contributed by atoms with Crippen molar-refractivity contribution in [1.29, 1.82) is 0 Å². The molecule has 0 aliphatic carbocycles. The van der Waals surface area contributed by atoms with Gasteiger partial charge in [-0.05, 0) is 65.7 Å². The maximum absolute atomic E-state index is 12.8. The zero-order chi connectivity index (χ0) is 29.5. The molecule has 214 valence electrons. The van der Waals surface area contributed by atoms with Gasteiger partial charge < -0.3 is 28.8 Å². The fourth-order valence-electron chi connectivity index (χ4n) is 4.80. The summed E-state index contributed by atoms with van der Waals surface area (Å²) in [5, 5.41) is 10.1. The number of hydrogen-bond donors (Lipinski definition) is 1. The first-order valence-corrected chi connectivity index (χ1v) is 13.3.